The second-order valence-electron chi connectivity index (χ2n) is 7.93. The number of morpholine rings is 1. The van der Waals surface area contributed by atoms with Gasteiger partial charge in [0.15, 0.2) is 0 Å². The number of hydrogen-bond acceptors (Lipinski definition) is 6. The standard InChI is InChI=1S/C25H28N4O4/c1-17-15-23(29-11-13-33-14-12-29)27-20-8-7-18(16-19(17)20)26-24(30)9-10-25(31)28-21-5-3-4-6-22(21)32-2/h3-8,15-16H,9-14H2,1-2H3,(H,26,30)(H,28,31). The molecule has 33 heavy (non-hydrogen) atoms. The minimum Gasteiger partial charge on any atom is -0.495 e. The van der Waals surface area contributed by atoms with Crippen LogP contribution in [0, 0.1) is 6.92 Å². The van der Waals surface area contributed by atoms with Gasteiger partial charge in [0.1, 0.15) is 11.6 Å². The fourth-order valence-corrected chi connectivity index (χ4v) is 3.82. The van der Waals surface area contributed by atoms with Crippen molar-refractivity contribution in [1.82, 2.24) is 4.98 Å². The Hall–Kier alpha value is -3.65. The smallest absolute Gasteiger partial charge is 0.224 e. The molecule has 1 aliphatic rings. The van der Waals surface area contributed by atoms with Gasteiger partial charge in [-0.15, -0.1) is 0 Å². The van der Waals surface area contributed by atoms with Crippen LogP contribution >= 0.6 is 0 Å². The van der Waals surface area contributed by atoms with Gasteiger partial charge in [0.2, 0.25) is 11.8 Å². The van der Waals surface area contributed by atoms with Gasteiger partial charge >= 0.3 is 0 Å². The summed E-state index contributed by atoms with van der Waals surface area (Å²) in [4.78, 5) is 31.7. The molecule has 0 spiro atoms. The molecule has 0 aliphatic carbocycles. The Morgan fingerprint density at radius 1 is 1.03 bits per heavy atom. The maximum Gasteiger partial charge on any atom is 0.224 e. The predicted octanol–water partition coefficient (Wildman–Crippen LogP) is 3.75. The van der Waals surface area contributed by atoms with E-state index in [0.717, 1.165) is 35.4 Å². The summed E-state index contributed by atoms with van der Waals surface area (Å²) in [5.74, 6) is 1.05. The van der Waals surface area contributed by atoms with Crippen LogP contribution in [0.15, 0.2) is 48.5 Å². The van der Waals surface area contributed by atoms with E-state index >= 15 is 0 Å². The number of benzene rings is 2. The fraction of sp³-hybridized carbons (Fsp3) is 0.320. The lowest BCUT2D eigenvalue weighted by atomic mass is 10.1. The van der Waals surface area contributed by atoms with Gasteiger partial charge in [0.25, 0.3) is 0 Å². The third-order valence-electron chi connectivity index (χ3n) is 5.58. The molecular formula is C25H28N4O4. The van der Waals surface area contributed by atoms with E-state index in [1.807, 2.05) is 37.3 Å². The number of fused-ring (bicyclic) bond motifs is 1. The third kappa shape index (κ3) is 5.59. The van der Waals surface area contributed by atoms with Gasteiger partial charge in [0.05, 0.1) is 31.5 Å². The molecule has 172 valence electrons. The van der Waals surface area contributed by atoms with Gasteiger partial charge in [-0.1, -0.05) is 12.1 Å². The topological polar surface area (TPSA) is 92.8 Å². The van der Waals surface area contributed by atoms with Crippen molar-refractivity contribution < 1.29 is 19.1 Å². The summed E-state index contributed by atoms with van der Waals surface area (Å²) < 4.78 is 10.7. The highest BCUT2D eigenvalue weighted by Crippen LogP contribution is 2.26. The summed E-state index contributed by atoms with van der Waals surface area (Å²) in [7, 11) is 1.54. The van der Waals surface area contributed by atoms with Crippen LogP contribution in [0.1, 0.15) is 18.4 Å². The average molecular weight is 449 g/mol. The summed E-state index contributed by atoms with van der Waals surface area (Å²) in [6.45, 7) is 5.12. The van der Waals surface area contributed by atoms with E-state index in [1.165, 1.54) is 0 Å². The Kier molecular flexibility index (Phi) is 7.04. The molecule has 8 heteroatoms. The molecule has 1 aliphatic heterocycles. The first-order valence-electron chi connectivity index (χ1n) is 11.0. The lowest BCUT2D eigenvalue weighted by Crippen LogP contribution is -2.36. The third-order valence-corrected chi connectivity index (χ3v) is 5.58. The van der Waals surface area contributed by atoms with E-state index in [2.05, 4.69) is 21.6 Å². The number of aryl methyl sites for hydroxylation is 1. The highest BCUT2D eigenvalue weighted by Gasteiger charge is 2.15. The van der Waals surface area contributed by atoms with Crippen LogP contribution in [-0.2, 0) is 14.3 Å². The molecule has 2 N–H and O–H groups in total. The Morgan fingerprint density at radius 2 is 1.76 bits per heavy atom. The number of nitrogens with one attached hydrogen (secondary N) is 2. The number of rotatable bonds is 7. The normalized spacial score (nSPS) is 13.6. The molecule has 2 amide bonds. The number of carbonyl (C=O) groups is 2. The molecule has 1 aromatic heterocycles. The second kappa shape index (κ2) is 10.3. The molecule has 0 saturated carbocycles. The van der Waals surface area contributed by atoms with Crippen LogP contribution in [0.4, 0.5) is 17.2 Å². The molecule has 4 rings (SSSR count). The number of hydrogen-bond donors (Lipinski definition) is 2. The quantitative estimate of drug-likeness (QED) is 0.572. The van der Waals surface area contributed by atoms with Crippen molar-refractivity contribution in [2.24, 2.45) is 0 Å². The second-order valence-corrected chi connectivity index (χ2v) is 7.93. The number of pyridine rings is 1. The molecule has 3 aromatic rings. The SMILES string of the molecule is COc1ccccc1NC(=O)CCC(=O)Nc1ccc2nc(N3CCOCC3)cc(C)c2c1. The van der Waals surface area contributed by atoms with Gasteiger partial charge in [0, 0.05) is 37.0 Å². The van der Waals surface area contributed by atoms with Crippen molar-refractivity contribution in [2.45, 2.75) is 19.8 Å². The molecule has 0 radical (unpaired) electrons. The van der Waals surface area contributed by atoms with Crippen molar-refractivity contribution in [1.29, 1.82) is 0 Å². The van der Waals surface area contributed by atoms with E-state index in [4.69, 9.17) is 14.5 Å². The largest absolute Gasteiger partial charge is 0.495 e. The molecule has 0 bridgehead atoms. The van der Waals surface area contributed by atoms with E-state index in [-0.39, 0.29) is 24.7 Å². The lowest BCUT2D eigenvalue weighted by molar-refractivity contribution is -0.121. The Balaban J connectivity index is 1.36. The minimum atomic E-state index is -0.246. The molecule has 0 unspecified atom stereocenters. The van der Waals surface area contributed by atoms with Crippen LogP contribution in [0.2, 0.25) is 0 Å². The maximum absolute atomic E-state index is 12.4. The number of aromatic nitrogens is 1. The Labute approximate surface area is 192 Å². The van der Waals surface area contributed by atoms with Crippen molar-refractivity contribution in [3.8, 4) is 5.75 Å². The highest BCUT2D eigenvalue weighted by molar-refractivity contribution is 5.98. The van der Waals surface area contributed by atoms with E-state index in [0.29, 0.717) is 30.3 Å². The van der Waals surface area contributed by atoms with Crippen LogP contribution < -0.4 is 20.3 Å². The van der Waals surface area contributed by atoms with Crippen LogP contribution in [0.5, 0.6) is 5.75 Å². The minimum absolute atomic E-state index is 0.0704. The summed E-state index contributed by atoms with van der Waals surface area (Å²) in [5, 5.41) is 6.65. The van der Waals surface area contributed by atoms with Crippen LogP contribution in [0.3, 0.4) is 0 Å². The lowest BCUT2D eigenvalue weighted by Gasteiger charge is -2.28. The fourth-order valence-electron chi connectivity index (χ4n) is 3.82. The molecule has 1 fully saturated rings. The van der Waals surface area contributed by atoms with Crippen molar-refractivity contribution in [2.75, 3.05) is 48.9 Å². The van der Waals surface area contributed by atoms with E-state index < -0.39 is 0 Å². The summed E-state index contributed by atoms with van der Waals surface area (Å²) in [6, 6.07) is 14.9. The van der Waals surface area contributed by atoms with Gasteiger partial charge in [-0.3, -0.25) is 9.59 Å². The monoisotopic (exact) mass is 448 g/mol. The highest BCUT2D eigenvalue weighted by atomic mass is 16.5. The van der Waals surface area contributed by atoms with Crippen molar-refractivity contribution in [3.05, 3.63) is 54.1 Å². The maximum atomic E-state index is 12.4. The number of methoxy groups -OCH3 is 1. The zero-order valence-electron chi connectivity index (χ0n) is 18.9. The number of para-hydroxylation sites is 2. The van der Waals surface area contributed by atoms with Crippen molar-refractivity contribution >= 4 is 39.9 Å². The van der Waals surface area contributed by atoms with Gasteiger partial charge < -0.3 is 25.0 Å². The number of carbonyl (C=O) groups excluding carboxylic acids is 2. The van der Waals surface area contributed by atoms with Crippen LogP contribution in [0.25, 0.3) is 10.9 Å². The van der Waals surface area contributed by atoms with E-state index in [1.54, 1.807) is 19.2 Å². The zero-order chi connectivity index (χ0) is 23.2. The first kappa shape index (κ1) is 22.5. The van der Waals surface area contributed by atoms with Gasteiger partial charge in [-0.05, 0) is 48.9 Å². The molecule has 2 heterocycles. The summed E-state index contributed by atoms with van der Waals surface area (Å²) >= 11 is 0. The average Bonchev–Trinajstić information content (AvgIpc) is 2.84. The number of ether oxygens (including phenoxy) is 2. The predicted molar refractivity (Wildman–Crippen MR) is 129 cm³/mol. The summed E-state index contributed by atoms with van der Waals surface area (Å²) in [6.07, 6.45) is 0.146. The van der Waals surface area contributed by atoms with Crippen LogP contribution in [-0.4, -0.2) is 50.2 Å². The molecule has 8 nitrogen and oxygen atoms in total. The summed E-state index contributed by atoms with van der Waals surface area (Å²) in [5.41, 5.74) is 3.24. The Morgan fingerprint density at radius 3 is 2.52 bits per heavy atom. The molecule has 2 aromatic carbocycles. The van der Waals surface area contributed by atoms with Gasteiger partial charge in [-0.25, -0.2) is 4.98 Å². The number of nitrogens with zero attached hydrogens (tertiary/aromatic N) is 2. The first-order valence-corrected chi connectivity index (χ1v) is 11.0. The van der Waals surface area contributed by atoms with E-state index in [9.17, 15) is 9.59 Å². The molecule has 0 atom stereocenters. The first-order chi connectivity index (χ1) is 16.0. The molecular weight excluding hydrogens is 420 g/mol. The Bertz CT molecular complexity index is 1160. The number of anilines is 3. The molecule has 1 saturated heterocycles. The number of amides is 2. The van der Waals surface area contributed by atoms with Gasteiger partial charge in [-0.2, -0.15) is 0 Å². The van der Waals surface area contributed by atoms with Crippen molar-refractivity contribution in [3.63, 3.8) is 0 Å². The zero-order valence-corrected chi connectivity index (χ0v) is 18.9.